The molecule has 0 aromatic rings. The molecular formula is C17H26. The fraction of sp³-hybridized carbons (Fsp3) is 0.647. The summed E-state index contributed by atoms with van der Waals surface area (Å²) in [4.78, 5) is 0. The molecular weight excluding hydrogens is 204 g/mol. The van der Waals surface area contributed by atoms with Crippen molar-refractivity contribution in [2.75, 3.05) is 0 Å². The molecule has 0 radical (unpaired) electrons. The van der Waals surface area contributed by atoms with Gasteiger partial charge in [-0.15, -0.1) is 6.58 Å². The molecule has 0 spiro atoms. The van der Waals surface area contributed by atoms with Crippen LogP contribution in [0, 0.1) is 11.8 Å². The monoisotopic (exact) mass is 230 g/mol. The molecule has 0 N–H and O–H groups in total. The zero-order chi connectivity index (χ0) is 12.1. The molecule has 2 aliphatic rings. The average Bonchev–Trinajstić information content (AvgIpc) is 2.80. The molecule has 2 saturated carbocycles. The SMILES string of the molecule is C=CCCCC/C=C1\CCC2CCCC2C1=C. The van der Waals surface area contributed by atoms with Crippen molar-refractivity contribution >= 4 is 0 Å². The van der Waals surface area contributed by atoms with E-state index in [4.69, 9.17) is 0 Å². The molecule has 2 rings (SSSR count). The molecule has 17 heavy (non-hydrogen) atoms. The van der Waals surface area contributed by atoms with E-state index in [-0.39, 0.29) is 0 Å². The molecule has 0 aliphatic heterocycles. The molecule has 2 fully saturated rings. The van der Waals surface area contributed by atoms with E-state index in [0.29, 0.717) is 0 Å². The van der Waals surface area contributed by atoms with Crippen molar-refractivity contribution in [2.24, 2.45) is 11.8 Å². The number of unbranched alkanes of at least 4 members (excludes halogenated alkanes) is 3. The van der Waals surface area contributed by atoms with Crippen LogP contribution in [0.5, 0.6) is 0 Å². The molecule has 0 heterocycles. The third-order valence-electron chi connectivity index (χ3n) is 4.56. The van der Waals surface area contributed by atoms with Gasteiger partial charge in [0.1, 0.15) is 0 Å². The molecule has 2 atom stereocenters. The Morgan fingerprint density at radius 2 is 1.94 bits per heavy atom. The third kappa shape index (κ3) is 3.12. The first kappa shape index (κ1) is 12.7. The summed E-state index contributed by atoms with van der Waals surface area (Å²) in [7, 11) is 0. The van der Waals surface area contributed by atoms with Crippen LogP contribution in [0.25, 0.3) is 0 Å². The van der Waals surface area contributed by atoms with Gasteiger partial charge in [0.15, 0.2) is 0 Å². The first-order chi connectivity index (χ1) is 8.33. The summed E-state index contributed by atoms with van der Waals surface area (Å²) in [5.74, 6) is 1.81. The van der Waals surface area contributed by atoms with Crippen LogP contribution in [0.15, 0.2) is 36.5 Å². The van der Waals surface area contributed by atoms with Gasteiger partial charge < -0.3 is 0 Å². The van der Waals surface area contributed by atoms with Gasteiger partial charge >= 0.3 is 0 Å². The van der Waals surface area contributed by atoms with Gasteiger partial charge in [0.2, 0.25) is 0 Å². The molecule has 2 aliphatic carbocycles. The highest BCUT2D eigenvalue weighted by Gasteiger charge is 2.33. The van der Waals surface area contributed by atoms with Gasteiger partial charge in [0.25, 0.3) is 0 Å². The van der Waals surface area contributed by atoms with Crippen LogP contribution >= 0.6 is 0 Å². The van der Waals surface area contributed by atoms with E-state index in [1.165, 1.54) is 56.9 Å². The van der Waals surface area contributed by atoms with E-state index in [2.05, 4.69) is 19.2 Å². The molecule has 0 aromatic carbocycles. The molecule has 0 aromatic heterocycles. The lowest BCUT2D eigenvalue weighted by molar-refractivity contribution is 0.384. The topological polar surface area (TPSA) is 0 Å². The zero-order valence-corrected chi connectivity index (χ0v) is 11.1. The summed E-state index contributed by atoms with van der Waals surface area (Å²) in [5, 5.41) is 0. The zero-order valence-electron chi connectivity index (χ0n) is 11.1. The normalized spacial score (nSPS) is 30.6. The van der Waals surface area contributed by atoms with Crippen LogP contribution in [-0.2, 0) is 0 Å². The Labute approximate surface area is 106 Å². The second kappa shape index (κ2) is 6.23. The Morgan fingerprint density at radius 3 is 2.76 bits per heavy atom. The maximum Gasteiger partial charge on any atom is -0.0137 e. The minimum Gasteiger partial charge on any atom is -0.103 e. The molecule has 2 unspecified atom stereocenters. The fourth-order valence-electron chi connectivity index (χ4n) is 3.52. The van der Waals surface area contributed by atoms with Crippen LogP contribution in [0.1, 0.15) is 57.8 Å². The number of fused-ring (bicyclic) bond motifs is 1. The van der Waals surface area contributed by atoms with Crippen LogP contribution in [0.3, 0.4) is 0 Å². The molecule has 0 saturated heterocycles. The van der Waals surface area contributed by atoms with Gasteiger partial charge in [0.05, 0.1) is 0 Å². The Bertz CT molecular complexity index is 308. The summed E-state index contributed by atoms with van der Waals surface area (Å²) in [6.07, 6.45) is 16.5. The van der Waals surface area contributed by atoms with Crippen molar-refractivity contribution in [2.45, 2.75) is 57.8 Å². The van der Waals surface area contributed by atoms with Crippen molar-refractivity contribution < 1.29 is 0 Å². The van der Waals surface area contributed by atoms with Crippen LogP contribution in [0.2, 0.25) is 0 Å². The van der Waals surface area contributed by atoms with Crippen LogP contribution < -0.4 is 0 Å². The summed E-state index contributed by atoms with van der Waals surface area (Å²) in [6, 6.07) is 0. The van der Waals surface area contributed by atoms with E-state index in [1.807, 2.05) is 6.08 Å². The minimum atomic E-state index is 0.836. The van der Waals surface area contributed by atoms with E-state index in [1.54, 1.807) is 5.57 Å². The summed E-state index contributed by atoms with van der Waals surface area (Å²) < 4.78 is 0. The van der Waals surface area contributed by atoms with Crippen molar-refractivity contribution in [1.82, 2.24) is 0 Å². The molecule has 0 amide bonds. The quantitative estimate of drug-likeness (QED) is 0.436. The number of hydrogen-bond acceptors (Lipinski definition) is 0. The number of allylic oxidation sites excluding steroid dienone is 4. The van der Waals surface area contributed by atoms with Crippen molar-refractivity contribution in [3.05, 3.63) is 36.5 Å². The maximum absolute atomic E-state index is 4.37. The second-order valence-electron chi connectivity index (χ2n) is 5.66. The first-order valence-corrected chi connectivity index (χ1v) is 7.32. The average molecular weight is 230 g/mol. The molecule has 0 bridgehead atoms. The summed E-state index contributed by atoms with van der Waals surface area (Å²) >= 11 is 0. The second-order valence-corrected chi connectivity index (χ2v) is 5.66. The number of rotatable bonds is 5. The predicted molar refractivity (Wildman–Crippen MR) is 76.0 cm³/mol. The van der Waals surface area contributed by atoms with Gasteiger partial charge in [-0.05, 0) is 74.3 Å². The summed E-state index contributed by atoms with van der Waals surface area (Å²) in [6.45, 7) is 8.14. The molecule has 0 nitrogen and oxygen atoms in total. The van der Waals surface area contributed by atoms with Gasteiger partial charge in [-0.2, -0.15) is 0 Å². The smallest absolute Gasteiger partial charge is 0.0137 e. The largest absolute Gasteiger partial charge is 0.103 e. The fourth-order valence-corrected chi connectivity index (χ4v) is 3.52. The lowest BCUT2D eigenvalue weighted by Gasteiger charge is -2.30. The lowest BCUT2D eigenvalue weighted by atomic mass is 9.75. The summed E-state index contributed by atoms with van der Waals surface area (Å²) in [5.41, 5.74) is 3.08. The van der Waals surface area contributed by atoms with Crippen molar-refractivity contribution in [3.63, 3.8) is 0 Å². The predicted octanol–water partition coefficient (Wildman–Crippen LogP) is 5.43. The Kier molecular flexibility index (Phi) is 4.65. The van der Waals surface area contributed by atoms with E-state index in [9.17, 15) is 0 Å². The van der Waals surface area contributed by atoms with Crippen LogP contribution in [-0.4, -0.2) is 0 Å². The Morgan fingerprint density at radius 1 is 1.12 bits per heavy atom. The van der Waals surface area contributed by atoms with Crippen molar-refractivity contribution in [1.29, 1.82) is 0 Å². The Balaban J connectivity index is 1.82. The minimum absolute atomic E-state index is 0.836. The van der Waals surface area contributed by atoms with Gasteiger partial charge in [-0.3, -0.25) is 0 Å². The van der Waals surface area contributed by atoms with Gasteiger partial charge in [0, 0.05) is 0 Å². The van der Waals surface area contributed by atoms with Gasteiger partial charge in [-0.1, -0.05) is 25.2 Å². The highest BCUT2D eigenvalue weighted by Crippen LogP contribution is 2.46. The lowest BCUT2D eigenvalue weighted by Crippen LogP contribution is -2.17. The van der Waals surface area contributed by atoms with Crippen LogP contribution in [0.4, 0.5) is 0 Å². The van der Waals surface area contributed by atoms with Gasteiger partial charge in [-0.25, -0.2) is 0 Å². The van der Waals surface area contributed by atoms with E-state index < -0.39 is 0 Å². The van der Waals surface area contributed by atoms with E-state index in [0.717, 1.165) is 18.3 Å². The molecule has 94 valence electrons. The first-order valence-electron chi connectivity index (χ1n) is 7.32. The van der Waals surface area contributed by atoms with E-state index >= 15 is 0 Å². The standard InChI is InChI=1S/C17H26/c1-3-4-5-6-7-9-15-12-13-16-10-8-11-17(16)14(15)2/h3,9,16-17H,1-2,4-8,10-13H2/b15-9+. The highest BCUT2D eigenvalue weighted by molar-refractivity contribution is 5.34. The number of hydrogen-bond donors (Lipinski definition) is 0. The maximum atomic E-state index is 4.37. The van der Waals surface area contributed by atoms with Crippen molar-refractivity contribution in [3.8, 4) is 0 Å². The molecule has 0 heteroatoms. The third-order valence-corrected chi connectivity index (χ3v) is 4.56. The highest BCUT2D eigenvalue weighted by atomic mass is 14.4. The Hall–Kier alpha value is -0.780.